The molecular formula is C22H24N2O4. The first kappa shape index (κ1) is 19.8. The SMILES string of the molecule is COc1cc(-c2ccc(C(C)(C)O)cc2)c2ncc(C(=O)NCCO)cc2c1. The molecule has 146 valence electrons. The summed E-state index contributed by atoms with van der Waals surface area (Å²) in [7, 11) is 1.59. The van der Waals surface area contributed by atoms with Gasteiger partial charge in [-0.2, -0.15) is 0 Å². The lowest BCUT2D eigenvalue weighted by molar-refractivity contribution is 0.0786. The first-order valence-electron chi connectivity index (χ1n) is 9.03. The Kier molecular flexibility index (Phi) is 5.63. The van der Waals surface area contributed by atoms with Crippen LogP contribution < -0.4 is 10.1 Å². The predicted molar refractivity (Wildman–Crippen MR) is 108 cm³/mol. The van der Waals surface area contributed by atoms with E-state index in [1.165, 1.54) is 6.20 Å². The Morgan fingerprint density at radius 2 is 1.89 bits per heavy atom. The molecule has 0 radical (unpaired) electrons. The summed E-state index contributed by atoms with van der Waals surface area (Å²) in [6.07, 6.45) is 1.52. The third-order valence-electron chi connectivity index (χ3n) is 4.55. The summed E-state index contributed by atoms with van der Waals surface area (Å²) in [5.41, 5.74) is 2.87. The zero-order valence-electron chi connectivity index (χ0n) is 16.2. The van der Waals surface area contributed by atoms with Gasteiger partial charge < -0.3 is 20.3 Å². The molecule has 0 atom stereocenters. The largest absolute Gasteiger partial charge is 0.497 e. The van der Waals surface area contributed by atoms with E-state index in [1.807, 2.05) is 36.4 Å². The molecule has 6 nitrogen and oxygen atoms in total. The maximum atomic E-state index is 12.2. The van der Waals surface area contributed by atoms with Crippen LogP contribution in [0.2, 0.25) is 0 Å². The van der Waals surface area contributed by atoms with Gasteiger partial charge >= 0.3 is 0 Å². The van der Waals surface area contributed by atoms with E-state index in [-0.39, 0.29) is 19.1 Å². The van der Waals surface area contributed by atoms with Crippen molar-refractivity contribution in [1.29, 1.82) is 0 Å². The van der Waals surface area contributed by atoms with Gasteiger partial charge in [0.2, 0.25) is 0 Å². The topological polar surface area (TPSA) is 91.7 Å². The van der Waals surface area contributed by atoms with Gasteiger partial charge in [0.15, 0.2) is 0 Å². The van der Waals surface area contributed by atoms with Crippen LogP contribution in [0.15, 0.2) is 48.7 Å². The van der Waals surface area contributed by atoms with E-state index < -0.39 is 5.60 Å². The number of nitrogens with one attached hydrogen (secondary N) is 1. The van der Waals surface area contributed by atoms with Gasteiger partial charge in [-0.05, 0) is 43.2 Å². The summed E-state index contributed by atoms with van der Waals surface area (Å²) in [4.78, 5) is 16.7. The van der Waals surface area contributed by atoms with Gasteiger partial charge in [-0.25, -0.2) is 0 Å². The van der Waals surface area contributed by atoms with Gasteiger partial charge in [-0.1, -0.05) is 24.3 Å². The molecule has 3 aromatic rings. The molecule has 3 N–H and O–H groups in total. The first-order chi connectivity index (χ1) is 13.3. The highest BCUT2D eigenvalue weighted by Crippen LogP contribution is 2.33. The molecule has 1 heterocycles. The number of benzene rings is 2. The minimum Gasteiger partial charge on any atom is -0.497 e. The summed E-state index contributed by atoms with van der Waals surface area (Å²) in [5.74, 6) is 0.367. The average molecular weight is 380 g/mol. The second-order valence-corrected chi connectivity index (χ2v) is 7.09. The Bertz CT molecular complexity index is 992. The van der Waals surface area contributed by atoms with Crippen LogP contribution in [0, 0.1) is 0 Å². The molecule has 3 rings (SSSR count). The van der Waals surface area contributed by atoms with Crippen molar-refractivity contribution >= 4 is 16.8 Å². The Balaban J connectivity index is 2.08. The number of aliphatic hydroxyl groups is 2. The molecule has 1 amide bonds. The number of hydrogen-bond acceptors (Lipinski definition) is 5. The average Bonchev–Trinajstić information content (AvgIpc) is 2.70. The van der Waals surface area contributed by atoms with E-state index in [2.05, 4.69) is 10.3 Å². The molecule has 0 spiro atoms. The predicted octanol–water partition coefficient (Wildman–Crippen LogP) is 2.86. The van der Waals surface area contributed by atoms with Gasteiger partial charge in [0, 0.05) is 23.7 Å². The minimum absolute atomic E-state index is 0.120. The number of methoxy groups -OCH3 is 1. The highest BCUT2D eigenvalue weighted by molar-refractivity contribution is 6.01. The van der Waals surface area contributed by atoms with Crippen molar-refractivity contribution in [1.82, 2.24) is 10.3 Å². The van der Waals surface area contributed by atoms with Crippen LogP contribution in [0.5, 0.6) is 5.75 Å². The van der Waals surface area contributed by atoms with Gasteiger partial charge in [-0.3, -0.25) is 9.78 Å². The fourth-order valence-electron chi connectivity index (χ4n) is 3.01. The van der Waals surface area contributed by atoms with E-state index in [1.54, 1.807) is 27.0 Å². The van der Waals surface area contributed by atoms with Crippen LogP contribution in [0.4, 0.5) is 0 Å². The van der Waals surface area contributed by atoms with Gasteiger partial charge in [0.1, 0.15) is 5.75 Å². The molecule has 0 saturated carbocycles. The molecule has 0 fully saturated rings. The fourth-order valence-corrected chi connectivity index (χ4v) is 3.01. The van der Waals surface area contributed by atoms with Crippen LogP contribution >= 0.6 is 0 Å². The first-order valence-corrected chi connectivity index (χ1v) is 9.03. The monoisotopic (exact) mass is 380 g/mol. The maximum Gasteiger partial charge on any atom is 0.252 e. The standard InChI is InChI=1S/C22H24N2O4/c1-22(2,27)17-6-4-14(5-7-17)19-12-18(28-3)11-15-10-16(13-24-20(15)19)21(26)23-8-9-25/h4-7,10-13,25,27H,8-9H2,1-3H3,(H,23,26). The van der Waals surface area contributed by atoms with Crippen molar-refractivity contribution in [2.24, 2.45) is 0 Å². The van der Waals surface area contributed by atoms with Crippen LogP contribution in [-0.4, -0.2) is 41.4 Å². The van der Waals surface area contributed by atoms with E-state index in [0.29, 0.717) is 11.3 Å². The van der Waals surface area contributed by atoms with Crippen molar-refractivity contribution < 1.29 is 19.7 Å². The number of pyridine rings is 1. The number of rotatable bonds is 6. The Labute approximate surface area is 163 Å². The lowest BCUT2D eigenvalue weighted by Gasteiger charge is -2.18. The molecule has 1 aromatic heterocycles. The molecule has 0 bridgehead atoms. The fraction of sp³-hybridized carbons (Fsp3) is 0.273. The van der Waals surface area contributed by atoms with Crippen molar-refractivity contribution in [3.05, 3.63) is 59.8 Å². The summed E-state index contributed by atoms with van der Waals surface area (Å²) in [6, 6.07) is 13.1. The number of aromatic nitrogens is 1. The maximum absolute atomic E-state index is 12.2. The normalized spacial score (nSPS) is 11.5. The lowest BCUT2D eigenvalue weighted by Crippen LogP contribution is -2.26. The molecule has 0 saturated heterocycles. The number of fused-ring (bicyclic) bond motifs is 1. The summed E-state index contributed by atoms with van der Waals surface area (Å²) < 4.78 is 5.43. The highest BCUT2D eigenvalue weighted by atomic mass is 16.5. The van der Waals surface area contributed by atoms with E-state index in [0.717, 1.165) is 27.6 Å². The molecule has 6 heteroatoms. The number of amides is 1. The van der Waals surface area contributed by atoms with Crippen molar-refractivity contribution in [3.63, 3.8) is 0 Å². The smallest absolute Gasteiger partial charge is 0.252 e. The van der Waals surface area contributed by atoms with Crippen LogP contribution in [0.1, 0.15) is 29.8 Å². The molecule has 0 aliphatic rings. The zero-order chi connectivity index (χ0) is 20.3. The highest BCUT2D eigenvalue weighted by Gasteiger charge is 2.17. The number of carbonyl (C=O) groups is 1. The Hall–Kier alpha value is -2.96. The number of hydrogen-bond donors (Lipinski definition) is 3. The molecule has 0 aliphatic carbocycles. The number of carbonyl (C=O) groups excluding carboxylic acids is 1. The Morgan fingerprint density at radius 1 is 1.18 bits per heavy atom. The molecular weight excluding hydrogens is 356 g/mol. The summed E-state index contributed by atoms with van der Waals surface area (Å²) in [6.45, 7) is 3.56. The zero-order valence-corrected chi connectivity index (χ0v) is 16.2. The number of aliphatic hydroxyl groups excluding tert-OH is 1. The molecule has 2 aromatic carbocycles. The van der Waals surface area contributed by atoms with Gasteiger partial charge in [0.05, 0.1) is 30.4 Å². The Morgan fingerprint density at radius 3 is 2.50 bits per heavy atom. The molecule has 0 aliphatic heterocycles. The van der Waals surface area contributed by atoms with Crippen molar-refractivity contribution in [2.75, 3.05) is 20.3 Å². The number of ether oxygens (including phenoxy) is 1. The third-order valence-corrected chi connectivity index (χ3v) is 4.55. The number of nitrogens with zero attached hydrogens (tertiary/aromatic N) is 1. The quantitative estimate of drug-likeness (QED) is 0.612. The second kappa shape index (κ2) is 7.96. The van der Waals surface area contributed by atoms with E-state index in [9.17, 15) is 9.90 Å². The van der Waals surface area contributed by atoms with E-state index in [4.69, 9.17) is 9.84 Å². The summed E-state index contributed by atoms with van der Waals surface area (Å²) in [5, 5.41) is 22.4. The molecule has 28 heavy (non-hydrogen) atoms. The summed E-state index contributed by atoms with van der Waals surface area (Å²) >= 11 is 0. The van der Waals surface area contributed by atoms with Crippen molar-refractivity contribution in [2.45, 2.75) is 19.4 Å². The van der Waals surface area contributed by atoms with E-state index >= 15 is 0 Å². The van der Waals surface area contributed by atoms with Crippen LogP contribution in [-0.2, 0) is 5.60 Å². The second-order valence-electron chi connectivity index (χ2n) is 7.09. The van der Waals surface area contributed by atoms with Crippen LogP contribution in [0.3, 0.4) is 0 Å². The van der Waals surface area contributed by atoms with Gasteiger partial charge in [-0.15, -0.1) is 0 Å². The lowest BCUT2D eigenvalue weighted by atomic mass is 9.94. The molecule has 0 unspecified atom stereocenters. The van der Waals surface area contributed by atoms with Crippen LogP contribution in [0.25, 0.3) is 22.0 Å². The van der Waals surface area contributed by atoms with Crippen molar-refractivity contribution in [3.8, 4) is 16.9 Å². The van der Waals surface area contributed by atoms with Gasteiger partial charge in [0.25, 0.3) is 5.91 Å². The minimum atomic E-state index is -0.913. The third kappa shape index (κ3) is 4.13.